The maximum Gasteiger partial charge on any atom is 0.185 e. The fraction of sp³-hybridized carbons (Fsp3) is 0.852. The van der Waals surface area contributed by atoms with Gasteiger partial charge < -0.3 is 26.1 Å². The van der Waals surface area contributed by atoms with Crippen molar-refractivity contribution in [1.82, 2.24) is 5.32 Å². The first-order valence-electron chi connectivity index (χ1n) is 13.4. The predicted octanol–water partition coefficient (Wildman–Crippen LogP) is 3.94. The summed E-state index contributed by atoms with van der Waals surface area (Å²) in [7, 11) is 0. The molecule has 34 heavy (non-hydrogen) atoms. The van der Waals surface area contributed by atoms with Crippen molar-refractivity contribution >= 4 is 12.2 Å². The predicted molar refractivity (Wildman–Crippen MR) is 135 cm³/mol. The molecule has 7 heteroatoms. The van der Waals surface area contributed by atoms with Crippen molar-refractivity contribution in [2.24, 2.45) is 45.4 Å². The summed E-state index contributed by atoms with van der Waals surface area (Å²) in [5.74, 6) is 1.63. The van der Waals surface area contributed by atoms with Crippen LogP contribution in [0, 0.1) is 39.9 Å². The van der Waals surface area contributed by atoms with Crippen LogP contribution in [-0.4, -0.2) is 47.2 Å². The average Bonchev–Trinajstić information content (AvgIpc) is 3.09. The Hall–Kier alpha value is -1.60. The SMILES string of the molecule is CC(/C=N/OCCCNC(=N)N)=C\C1C[C@H](O)C[C@H]2CC[C@@H]3[C@H](CC[C@]4(C)CCC[C@]34O)[C@@]12C. The summed E-state index contributed by atoms with van der Waals surface area (Å²) >= 11 is 0. The smallest absolute Gasteiger partial charge is 0.185 e. The number of nitrogens with zero attached hydrogens (tertiary/aromatic N) is 1. The number of nitrogens with one attached hydrogen (secondary N) is 2. The summed E-state index contributed by atoms with van der Waals surface area (Å²) in [6.07, 6.45) is 14.0. The zero-order valence-electron chi connectivity index (χ0n) is 21.4. The molecule has 0 aliphatic heterocycles. The van der Waals surface area contributed by atoms with Gasteiger partial charge in [-0.25, -0.2) is 0 Å². The highest BCUT2D eigenvalue weighted by Gasteiger charge is 2.65. The Balaban J connectivity index is 1.48. The Bertz CT molecular complexity index is 816. The van der Waals surface area contributed by atoms with Gasteiger partial charge in [-0.2, -0.15) is 0 Å². The van der Waals surface area contributed by atoms with E-state index in [0.29, 0.717) is 30.9 Å². The molecule has 0 spiro atoms. The molecule has 0 aromatic heterocycles. The van der Waals surface area contributed by atoms with Gasteiger partial charge in [0.25, 0.3) is 0 Å². The number of hydrogen-bond donors (Lipinski definition) is 5. The number of rotatable bonds is 7. The summed E-state index contributed by atoms with van der Waals surface area (Å²) in [6.45, 7) is 7.92. The van der Waals surface area contributed by atoms with Gasteiger partial charge in [-0.1, -0.05) is 25.1 Å². The van der Waals surface area contributed by atoms with E-state index in [1.54, 1.807) is 6.21 Å². The van der Waals surface area contributed by atoms with E-state index in [1.165, 1.54) is 6.42 Å². The lowest BCUT2D eigenvalue weighted by atomic mass is 9.41. The minimum atomic E-state index is -0.518. The van der Waals surface area contributed by atoms with Crippen LogP contribution in [0.5, 0.6) is 0 Å². The molecule has 1 unspecified atom stereocenters. The van der Waals surface area contributed by atoms with Crippen molar-refractivity contribution in [2.75, 3.05) is 13.2 Å². The molecule has 0 radical (unpaired) electrons. The summed E-state index contributed by atoms with van der Waals surface area (Å²) in [4.78, 5) is 5.38. The quantitative estimate of drug-likeness (QED) is 0.165. The Kier molecular flexibility index (Phi) is 7.35. The zero-order valence-corrected chi connectivity index (χ0v) is 21.4. The molecule has 4 aliphatic carbocycles. The van der Waals surface area contributed by atoms with Crippen LogP contribution in [0.3, 0.4) is 0 Å². The molecule has 0 heterocycles. The zero-order chi connectivity index (χ0) is 24.6. The molecule has 0 aromatic rings. The second-order valence-corrected chi connectivity index (χ2v) is 12.1. The van der Waals surface area contributed by atoms with E-state index in [9.17, 15) is 10.2 Å². The number of fused-ring (bicyclic) bond motifs is 5. The molecule has 8 atom stereocenters. The normalized spacial score (nSPS) is 44.3. The van der Waals surface area contributed by atoms with Gasteiger partial charge >= 0.3 is 0 Å². The maximum atomic E-state index is 12.0. The lowest BCUT2D eigenvalue weighted by Crippen LogP contribution is -2.62. The lowest BCUT2D eigenvalue weighted by Gasteiger charge is -2.64. The van der Waals surface area contributed by atoms with Gasteiger partial charge in [0.1, 0.15) is 6.61 Å². The standard InChI is InChI=1S/C27H46N4O3/c1-18(17-31-34-13-5-12-30-24(28)29)14-20-16-21(32)15-19-6-7-23-22(26(19,20)3)8-11-25(2)9-4-10-27(23,25)33/h14,17,19-23,32-33H,4-13,15-16H2,1-3H3,(H4,28,29,30)/b18-14+,31-17+/t19-,20?,21-,22+,23-,25+,26-,27+/m1/s1. The van der Waals surface area contributed by atoms with E-state index in [-0.39, 0.29) is 28.8 Å². The van der Waals surface area contributed by atoms with Gasteiger partial charge in [0, 0.05) is 13.0 Å². The second-order valence-electron chi connectivity index (χ2n) is 12.1. The summed E-state index contributed by atoms with van der Waals surface area (Å²) in [6, 6.07) is 0. The van der Waals surface area contributed by atoms with Gasteiger partial charge in [0.2, 0.25) is 0 Å². The minimum absolute atomic E-state index is 0.0312. The molecule has 7 nitrogen and oxygen atoms in total. The molecule has 0 bridgehead atoms. The van der Waals surface area contributed by atoms with E-state index in [2.05, 4.69) is 37.3 Å². The highest BCUT2D eigenvalue weighted by molar-refractivity contribution is 5.77. The van der Waals surface area contributed by atoms with Crippen LogP contribution in [0.25, 0.3) is 0 Å². The third kappa shape index (κ3) is 4.50. The molecule has 4 aliphatic rings. The summed E-state index contributed by atoms with van der Waals surface area (Å²) in [5.41, 5.74) is 5.99. The van der Waals surface area contributed by atoms with Crippen LogP contribution in [0.1, 0.15) is 85.0 Å². The molecule has 4 saturated carbocycles. The number of aliphatic hydroxyl groups is 2. The van der Waals surface area contributed by atoms with Crippen molar-refractivity contribution in [1.29, 1.82) is 5.41 Å². The minimum Gasteiger partial charge on any atom is -0.396 e. The summed E-state index contributed by atoms with van der Waals surface area (Å²) in [5, 5.41) is 36.8. The number of hydrogen-bond acceptors (Lipinski definition) is 5. The first-order valence-corrected chi connectivity index (χ1v) is 13.4. The van der Waals surface area contributed by atoms with Crippen LogP contribution >= 0.6 is 0 Å². The fourth-order valence-corrected chi connectivity index (χ4v) is 8.49. The lowest BCUT2D eigenvalue weighted by molar-refractivity contribution is -0.211. The summed E-state index contributed by atoms with van der Waals surface area (Å²) < 4.78 is 0. The van der Waals surface area contributed by atoms with E-state index >= 15 is 0 Å². The average molecular weight is 475 g/mol. The van der Waals surface area contributed by atoms with E-state index in [4.69, 9.17) is 16.0 Å². The van der Waals surface area contributed by atoms with Gasteiger partial charge in [-0.05, 0) is 105 Å². The molecule has 4 rings (SSSR count). The highest BCUT2D eigenvalue weighted by atomic mass is 16.6. The van der Waals surface area contributed by atoms with Crippen LogP contribution < -0.4 is 11.1 Å². The van der Waals surface area contributed by atoms with E-state index < -0.39 is 5.60 Å². The van der Waals surface area contributed by atoms with Crippen LogP contribution in [-0.2, 0) is 4.84 Å². The Morgan fingerprint density at radius 2 is 1.97 bits per heavy atom. The van der Waals surface area contributed by atoms with Crippen LogP contribution in [0.2, 0.25) is 0 Å². The fourth-order valence-electron chi connectivity index (χ4n) is 8.49. The highest BCUT2D eigenvalue weighted by Crippen LogP contribution is 2.68. The van der Waals surface area contributed by atoms with Gasteiger partial charge in [0.15, 0.2) is 5.96 Å². The van der Waals surface area contributed by atoms with Gasteiger partial charge in [-0.15, -0.1) is 0 Å². The Morgan fingerprint density at radius 3 is 2.74 bits per heavy atom. The molecule has 0 saturated heterocycles. The number of aliphatic hydroxyl groups excluding tert-OH is 1. The Labute approximate surface area is 205 Å². The molecule has 4 fully saturated rings. The molecule has 192 valence electrons. The van der Waals surface area contributed by atoms with E-state index in [1.807, 2.05) is 0 Å². The van der Waals surface area contributed by atoms with Crippen molar-refractivity contribution in [3.8, 4) is 0 Å². The second kappa shape index (κ2) is 9.81. The number of oxime groups is 1. The number of allylic oxidation sites excluding steroid dienone is 2. The number of nitrogens with two attached hydrogens (primary N) is 1. The third-order valence-corrected chi connectivity index (χ3v) is 10.3. The molecular formula is C27H46N4O3. The van der Waals surface area contributed by atoms with Crippen molar-refractivity contribution in [3.63, 3.8) is 0 Å². The van der Waals surface area contributed by atoms with Crippen LogP contribution in [0.15, 0.2) is 16.8 Å². The van der Waals surface area contributed by atoms with E-state index in [0.717, 1.165) is 63.4 Å². The molecule has 6 N–H and O–H groups in total. The molecule has 0 aromatic carbocycles. The van der Waals surface area contributed by atoms with Crippen molar-refractivity contribution < 1.29 is 15.1 Å². The number of guanidine groups is 1. The third-order valence-electron chi connectivity index (χ3n) is 10.3. The topological polar surface area (TPSA) is 124 Å². The first kappa shape index (κ1) is 25.5. The molecular weight excluding hydrogens is 428 g/mol. The largest absolute Gasteiger partial charge is 0.396 e. The van der Waals surface area contributed by atoms with Crippen molar-refractivity contribution in [2.45, 2.75) is 96.7 Å². The maximum absolute atomic E-state index is 12.0. The van der Waals surface area contributed by atoms with Gasteiger partial charge in [0.05, 0.1) is 17.9 Å². The van der Waals surface area contributed by atoms with Crippen LogP contribution in [0.4, 0.5) is 0 Å². The monoisotopic (exact) mass is 474 g/mol. The Morgan fingerprint density at radius 1 is 1.18 bits per heavy atom. The van der Waals surface area contributed by atoms with Crippen molar-refractivity contribution in [3.05, 3.63) is 11.6 Å². The van der Waals surface area contributed by atoms with Gasteiger partial charge in [-0.3, -0.25) is 5.41 Å². The molecule has 0 amide bonds. The first-order chi connectivity index (χ1) is 16.1.